The average Bonchev–Trinajstić information content (AvgIpc) is 2.14. The van der Waals surface area contributed by atoms with E-state index in [-0.39, 0.29) is 6.61 Å². The summed E-state index contributed by atoms with van der Waals surface area (Å²) in [4.78, 5) is 2.47. The largest absolute Gasteiger partial charge is 0.314 e. The van der Waals surface area contributed by atoms with Gasteiger partial charge in [-0.25, -0.2) is 5.11 Å². The van der Waals surface area contributed by atoms with Crippen LogP contribution in [0.3, 0.4) is 0 Å². The molecule has 0 unspecified atom stereocenters. The number of hydrogen-bond acceptors (Lipinski definition) is 2. The quantitative estimate of drug-likeness (QED) is 0.611. The Bertz CT molecular complexity index is 103. The van der Waals surface area contributed by atoms with Gasteiger partial charge in [-0.1, -0.05) is 0 Å². The third-order valence-electron chi connectivity index (χ3n) is 2.33. The van der Waals surface area contributed by atoms with Crippen LogP contribution in [-0.4, -0.2) is 44.2 Å². The zero-order valence-corrected chi connectivity index (χ0v) is 7.72. The van der Waals surface area contributed by atoms with Gasteiger partial charge in [0.15, 0.2) is 0 Å². The van der Waals surface area contributed by atoms with Crippen molar-refractivity contribution in [3.8, 4) is 0 Å². The summed E-state index contributed by atoms with van der Waals surface area (Å²) in [6.45, 7) is 5.89. The summed E-state index contributed by atoms with van der Waals surface area (Å²) in [6.07, 6.45) is 3.15. The van der Waals surface area contributed by atoms with Gasteiger partial charge in [0.25, 0.3) is 0 Å². The molecule has 0 aromatic heterocycles. The molecule has 0 aromatic rings. The molecule has 0 aliphatic carbocycles. The van der Waals surface area contributed by atoms with Crippen LogP contribution < -0.4 is 5.32 Å². The molecule has 1 aliphatic heterocycles. The maximum atomic E-state index is 10.2. The standard InChI is InChI=1S/C9H19N2O/c12-9-3-1-2-6-11-7-4-10-5-8-11/h10H,1-9H2. The molecule has 3 nitrogen and oxygen atoms in total. The number of unbranched alkanes of at least 4 members (excludes halogenated alkanes) is 2. The molecule has 0 spiro atoms. The molecule has 12 heavy (non-hydrogen) atoms. The fourth-order valence-corrected chi connectivity index (χ4v) is 1.55. The Balaban J connectivity index is 1.91. The summed E-state index contributed by atoms with van der Waals surface area (Å²) in [7, 11) is 0. The third kappa shape index (κ3) is 4.04. The second kappa shape index (κ2) is 6.40. The van der Waals surface area contributed by atoms with Crippen molar-refractivity contribution >= 4 is 0 Å². The highest BCUT2D eigenvalue weighted by Crippen LogP contribution is 1.99. The highest BCUT2D eigenvalue weighted by molar-refractivity contribution is 4.66. The van der Waals surface area contributed by atoms with Crippen molar-refractivity contribution in [2.75, 3.05) is 39.3 Å². The molecule has 1 N–H and O–H groups in total. The minimum absolute atomic E-state index is 0.0988. The Hall–Kier alpha value is -0.120. The van der Waals surface area contributed by atoms with Gasteiger partial charge in [-0.05, 0) is 25.8 Å². The minimum atomic E-state index is 0.0988. The van der Waals surface area contributed by atoms with E-state index in [2.05, 4.69) is 10.2 Å². The maximum absolute atomic E-state index is 10.2. The zero-order chi connectivity index (χ0) is 8.65. The van der Waals surface area contributed by atoms with Crippen LogP contribution in [0.15, 0.2) is 0 Å². The first kappa shape index (κ1) is 9.96. The first-order valence-electron chi connectivity index (χ1n) is 4.94. The molecule has 1 rings (SSSR count). The van der Waals surface area contributed by atoms with Crippen molar-refractivity contribution in [3.05, 3.63) is 0 Å². The molecule has 0 aromatic carbocycles. The molecule has 1 radical (unpaired) electrons. The predicted molar refractivity (Wildman–Crippen MR) is 48.7 cm³/mol. The first-order valence-corrected chi connectivity index (χ1v) is 4.94. The van der Waals surface area contributed by atoms with Gasteiger partial charge in [0.05, 0.1) is 6.61 Å². The van der Waals surface area contributed by atoms with Gasteiger partial charge in [0.2, 0.25) is 0 Å². The average molecular weight is 171 g/mol. The summed E-state index contributed by atoms with van der Waals surface area (Å²) in [6, 6.07) is 0. The molecule has 3 heteroatoms. The van der Waals surface area contributed by atoms with Crippen LogP contribution in [0.1, 0.15) is 19.3 Å². The van der Waals surface area contributed by atoms with Gasteiger partial charge in [-0.15, -0.1) is 0 Å². The smallest absolute Gasteiger partial charge is 0.0822 e. The molecular weight excluding hydrogens is 152 g/mol. The van der Waals surface area contributed by atoms with Crippen molar-refractivity contribution in [1.82, 2.24) is 10.2 Å². The highest BCUT2D eigenvalue weighted by atomic mass is 16.2. The number of rotatable bonds is 5. The summed E-state index contributed by atoms with van der Waals surface area (Å²) in [5.41, 5.74) is 0. The molecule has 71 valence electrons. The Labute approximate surface area is 74.8 Å². The lowest BCUT2D eigenvalue weighted by Gasteiger charge is -2.26. The molecule has 0 amide bonds. The third-order valence-corrected chi connectivity index (χ3v) is 2.33. The summed E-state index contributed by atoms with van der Waals surface area (Å²) in [5, 5.41) is 13.5. The van der Waals surface area contributed by atoms with Crippen LogP contribution in [0.4, 0.5) is 0 Å². The lowest BCUT2D eigenvalue weighted by Crippen LogP contribution is -2.43. The van der Waals surface area contributed by atoms with Crippen molar-refractivity contribution in [2.24, 2.45) is 0 Å². The van der Waals surface area contributed by atoms with E-state index in [9.17, 15) is 5.11 Å². The van der Waals surface area contributed by atoms with Crippen LogP contribution in [0, 0.1) is 0 Å². The molecule has 0 bridgehead atoms. The second-order valence-electron chi connectivity index (χ2n) is 3.36. The van der Waals surface area contributed by atoms with E-state index in [4.69, 9.17) is 0 Å². The van der Waals surface area contributed by atoms with E-state index in [1.165, 1.54) is 26.1 Å². The summed E-state index contributed by atoms with van der Waals surface area (Å²) >= 11 is 0. The minimum Gasteiger partial charge on any atom is -0.314 e. The van der Waals surface area contributed by atoms with Crippen LogP contribution in [-0.2, 0) is 5.11 Å². The van der Waals surface area contributed by atoms with Gasteiger partial charge >= 0.3 is 0 Å². The first-order chi connectivity index (χ1) is 5.93. The van der Waals surface area contributed by atoms with Gasteiger partial charge in [-0.2, -0.15) is 0 Å². The summed E-state index contributed by atoms with van der Waals surface area (Å²) < 4.78 is 0. The zero-order valence-electron chi connectivity index (χ0n) is 7.72. The Morgan fingerprint density at radius 1 is 1.08 bits per heavy atom. The van der Waals surface area contributed by atoms with E-state index in [1.807, 2.05) is 0 Å². The molecule has 1 heterocycles. The fraction of sp³-hybridized carbons (Fsp3) is 1.00. The molecule has 0 saturated carbocycles. The second-order valence-corrected chi connectivity index (χ2v) is 3.36. The Morgan fingerprint density at radius 2 is 1.83 bits per heavy atom. The van der Waals surface area contributed by atoms with E-state index in [0.717, 1.165) is 25.9 Å². The van der Waals surface area contributed by atoms with E-state index in [0.29, 0.717) is 0 Å². The SMILES string of the molecule is [O]CCCCCN1CCNCC1. The van der Waals surface area contributed by atoms with Crippen LogP contribution >= 0.6 is 0 Å². The Morgan fingerprint density at radius 3 is 2.50 bits per heavy atom. The molecule has 1 saturated heterocycles. The predicted octanol–water partition coefficient (Wildman–Crippen LogP) is 0.492. The van der Waals surface area contributed by atoms with Crippen molar-refractivity contribution in [1.29, 1.82) is 0 Å². The molecule has 0 atom stereocenters. The van der Waals surface area contributed by atoms with Crippen molar-refractivity contribution < 1.29 is 5.11 Å². The number of hydrogen-bond donors (Lipinski definition) is 1. The van der Waals surface area contributed by atoms with Gasteiger partial charge in [-0.3, -0.25) is 0 Å². The van der Waals surface area contributed by atoms with Crippen molar-refractivity contribution in [3.63, 3.8) is 0 Å². The normalized spacial score (nSPS) is 19.8. The summed E-state index contributed by atoms with van der Waals surface area (Å²) in [5.74, 6) is 0. The highest BCUT2D eigenvalue weighted by Gasteiger charge is 2.07. The molecule has 1 fully saturated rings. The van der Waals surface area contributed by atoms with Crippen LogP contribution in [0.25, 0.3) is 0 Å². The van der Waals surface area contributed by atoms with Gasteiger partial charge in [0.1, 0.15) is 0 Å². The lowest BCUT2D eigenvalue weighted by atomic mass is 10.2. The number of nitrogens with one attached hydrogen (secondary N) is 1. The van der Waals surface area contributed by atoms with E-state index < -0.39 is 0 Å². The molecular formula is C9H19N2O. The van der Waals surface area contributed by atoms with Crippen molar-refractivity contribution in [2.45, 2.75) is 19.3 Å². The van der Waals surface area contributed by atoms with E-state index >= 15 is 0 Å². The number of piperazine rings is 1. The number of nitrogens with zero attached hydrogens (tertiary/aromatic N) is 1. The lowest BCUT2D eigenvalue weighted by molar-refractivity contribution is 0.181. The monoisotopic (exact) mass is 171 g/mol. The topological polar surface area (TPSA) is 35.2 Å². The van der Waals surface area contributed by atoms with E-state index in [1.54, 1.807) is 0 Å². The van der Waals surface area contributed by atoms with Gasteiger partial charge < -0.3 is 10.2 Å². The van der Waals surface area contributed by atoms with Crippen LogP contribution in [0.2, 0.25) is 0 Å². The maximum Gasteiger partial charge on any atom is 0.0822 e. The van der Waals surface area contributed by atoms with Gasteiger partial charge in [0, 0.05) is 26.2 Å². The fourth-order valence-electron chi connectivity index (χ4n) is 1.55. The Kier molecular flexibility index (Phi) is 5.32. The van der Waals surface area contributed by atoms with Crippen LogP contribution in [0.5, 0.6) is 0 Å². The molecule has 1 aliphatic rings.